The van der Waals surface area contributed by atoms with Crippen LogP contribution in [0.1, 0.15) is 30.5 Å². The van der Waals surface area contributed by atoms with Gasteiger partial charge in [0.1, 0.15) is 10.8 Å². The topological polar surface area (TPSA) is 51.2 Å². The van der Waals surface area contributed by atoms with E-state index in [1.807, 2.05) is 43.5 Å². The lowest BCUT2D eigenvalue weighted by atomic mass is 10.1. The number of carbonyl (C=O) groups is 1. The Morgan fingerprint density at radius 2 is 2.14 bits per heavy atom. The number of hydrogen-bond donors (Lipinski definition) is 1. The van der Waals surface area contributed by atoms with Crippen LogP contribution in [-0.2, 0) is 10.7 Å². The van der Waals surface area contributed by atoms with E-state index in [1.165, 1.54) is 11.3 Å². The predicted molar refractivity (Wildman–Crippen MR) is 86.3 cm³/mol. The summed E-state index contributed by atoms with van der Waals surface area (Å²) in [4.78, 5) is 16.5. The fourth-order valence-corrected chi connectivity index (χ4v) is 2.85. The first kappa shape index (κ1) is 15.8. The van der Waals surface area contributed by atoms with Crippen LogP contribution in [0.4, 0.5) is 5.69 Å². The Morgan fingerprint density at radius 3 is 2.71 bits per heavy atom. The molecule has 0 spiro atoms. The van der Waals surface area contributed by atoms with Gasteiger partial charge in [-0.25, -0.2) is 4.98 Å². The lowest BCUT2D eigenvalue weighted by Gasteiger charge is -2.10. The van der Waals surface area contributed by atoms with E-state index in [4.69, 9.17) is 16.3 Å². The van der Waals surface area contributed by atoms with Gasteiger partial charge in [-0.2, -0.15) is 0 Å². The van der Waals surface area contributed by atoms with E-state index >= 15 is 0 Å². The van der Waals surface area contributed by atoms with E-state index in [1.54, 1.807) is 0 Å². The first-order valence-electron chi connectivity index (χ1n) is 6.68. The summed E-state index contributed by atoms with van der Waals surface area (Å²) in [6.45, 7) is 4.39. The quantitative estimate of drug-likeness (QED) is 0.816. The Balaban J connectivity index is 1.99. The summed E-state index contributed by atoms with van der Waals surface area (Å²) in [5, 5.41) is 5.53. The molecule has 1 amide bonds. The molecule has 0 saturated carbocycles. The summed E-state index contributed by atoms with van der Waals surface area (Å²) in [5.74, 6) is 0.757. The number of nitrogens with one attached hydrogen (secondary N) is 1. The Bertz CT molecular complexity index is 598. The fourth-order valence-electron chi connectivity index (χ4n) is 1.75. The van der Waals surface area contributed by atoms with Crippen molar-refractivity contribution < 1.29 is 9.53 Å². The van der Waals surface area contributed by atoms with E-state index < -0.39 is 0 Å². The number of thiazole rings is 1. The van der Waals surface area contributed by atoms with E-state index in [9.17, 15) is 4.79 Å². The number of aromatic nitrogens is 1. The smallest absolute Gasteiger partial charge is 0.234 e. The second-order valence-electron chi connectivity index (χ2n) is 4.48. The largest absolute Gasteiger partial charge is 0.494 e. The SMILES string of the molecule is CCOc1ccc(NC(=O)C(C)c2nc(CCl)cs2)cc1. The molecule has 21 heavy (non-hydrogen) atoms. The van der Waals surface area contributed by atoms with Crippen molar-refractivity contribution in [1.29, 1.82) is 0 Å². The minimum absolute atomic E-state index is 0.0883. The van der Waals surface area contributed by atoms with Crippen LogP contribution < -0.4 is 10.1 Å². The van der Waals surface area contributed by atoms with Gasteiger partial charge in [0.25, 0.3) is 0 Å². The first-order valence-corrected chi connectivity index (χ1v) is 8.09. The van der Waals surface area contributed by atoms with Gasteiger partial charge in [-0.05, 0) is 38.1 Å². The highest BCUT2D eigenvalue weighted by Gasteiger charge is 2.18. The van der Waals surface area contributed by atoms with Crippen LogP contribution in [-0.4, -0.2) is 17.5 Å². The van der Waals surface area contributed by atoms with Gasteiger partial charge < -0.3 is 10.1 Å². The maximum atomic E-state index is 12.2. The average molecular weight is 325 g/mol. The molecule has 0 saturated heterocycles. The van der Waals surface area contributed by atoms with Gasteiger partial charge in [0.2, 0.25) is 5.91 Å². The number of carbonyl (C=O) groups excluding carboxylic acids is 1. The van der Waals surface area contributed by atoms with Crippen molar-refractivity contribution in [3.63, 3.8) is 0 Å². The van der Waals surface area contributed by atoms with Crippen molar-refractivity contribution in [3.05, 3.63) is 40.3 Å². The molecule has 0 fully saturated rings. The molecule has 2 rings (SSSR count). The Morgan fingerprint density at radius 1 is 1.43 bits per heavy atom. The van der Waals surface area contributed by atoms with Crippen molar-refractivity contribution in [2.45, 2.75) is 25.6 Å². The highest BCUT2D eigenvalue weighted by Crippen LogP contribution is 2.23. The van der Waals surface area contributed by atoms with Crippen LogP contribution in [0.3, 0.4) is 0 Å². The number of hydrogen-bond acceptors (Lipinski definition) is 4. The lowest BCUT2D eigenvalue weighted by molar-refractivity contribution is -0.117. The zero-order valence-electron chi connectivity index (χ0n) is 11.9. The molecule has 2 aromatic rings. The zero-order valence-corrected chi connectivity index (χ0v) is 13.5. The maximum Gasteiger partial charge on any atom is 0.234 e. The predicted octanol–water partition coefficient (Wildman–Crippen LogP) is 4.02. The Labute approximate surface area is 133 Å². The van der Waals surface area contributed by atoms with Crippen molar-refractivity contribution >= 4 is 34.5 Å². The van der Waals surface area contributed by atoms with Crippen LogP contribution in [0.25, 0.3) is 0 Å². The van der Waals surface area contributed by atoms with Crippen molar-refractivity contribution in [1.82, 2.24) is 4.98 Å². The summed E-state index contributed by atoms with van der Waals surface area (Å²) in [6, 6.07) is 7.31. The number of alkyl halides is 1. The van der Waals surface area contributed by atoms with Crippen LogP contribution in [0.2, 0.25) is 0 Å². The van der Waals surface area contributed by atoms with Crippen molar-refractivity contribution in [2.75, 3.05) is 11.9 Å². The molecular weight excluding hydrogens is 308 g/mol. The van der Waals surface area contributed by atoms with Crippen LogP contribution >= 0.6 is 22.9 Å². The number of ether oxygens (including phenoxy) is 1. The monoisotopic (exact) mass is 324 g/mol. The molecule has 1 aromatic carbocycles. The standard InChI is InChI=1S/C15H17ClN2O2S/c1-3-20-13-6-4-11(5-7-13)17-14(19)10(2)15-18-12(8-16)9-21-15/h4-7,9-10H,3,8H2,1-2H3,(H,17,19). The molecule has 0 aliphatic heterocycles. The zero-order chi connectivity index (χ0) is 15.2. The highest BCUT2D eigenvalue weighted by molar-refractivity contribution is 7.09. The Hall–Kier alpha value is -1.59. The number of amides is 1. The molecule has 1 N–H and O–H groups in total. The summed E-state index contributed by atoms with van der Waals surface area (Å²) >= 11 is 7.18. The Kier molecular flexibility index (Phi) is 5.59. The van der Waals surface area contributed by atoms with Crippen LogP contribution in [0.15, 0.2) is 29.6 Å². The number of anilines is 1. The third kappa shape index (κ3) is 4.19. The van der Waals surface area contributed by atoms with Crippen molar-refractivity contribution in [2.24, 2.45) is 0 Å². The maximum absolute atomic E-state index is 12.2. The van der Waals surface area contributed by atoms with Crippen LogP contribution in [0.5, 0.6) is 5.75 Å². The third-order valence-corrected chi connectivity index (χ3v) is 4.25. The van der Waals surface area contributed by atoms with Gasteiger partial charge in [-0.15, -0.1) is 22.9 Å². The average Bonchev–Trinajstić information content (AvgIpc) is 2.97. The number of halogens is 1. The number of rotatable bonds is 6. The highest BCUT2D eigenvalue weighted by atomic mass is 35.5. The molecule has 4 nitrogen and oxygen atoms in total. The minimum atomic E-state index is -0.307. The molecule has 1 heterocycles. The van der Waals surface area contributed by atoms with Crippen LogP contribution in [0, 0.1) is 0 Å². The normalized spacial score (nSPS) is 12.0. The molecule has 0 bridgehead atoms. The van der Waals surface area contributed by atoms with Gasteiger partial charge in [-0.3, -0.25) is 4.79 Å². The van der Waals surface area contributed by atoms with Crippen molar-refractivity contribution in [3.8, 4) is 5.75 Å². The molecule has 1 aromatic heterocycles. The summed E-state index contributed by atoms with van der Waals surface area (Å²) < 4.78 is 5.36. The second kappa shape index (κ2) is 7.43. The molecular formula is C15H17ClN2O2S. The van der Waals surface area contributed by atoms with Gasteiger partial charge in [0, 0.05) is 11.1 Å². The molecule has 112 valence electrons. The molecule has 6 heteroatoms. The lowest BCUT2D eigenvalue weighted by Crippen LogP contribution is -2.18. The molecule has 1 unspecified atom stereocenters. The van der Waals surface area contributed by atoms with Gasteiger partial charge in [0.05, 0.1) is 24.1 Å². The van der Waals surface area contributed by atoms with E-state index in [0.29, 0.717) is 12.5 Å². The van der Waals surface area contributed by atoms with E-state index in [0.717, 1.165) is 22.1 Å². The molecule has 0 aliphatic rings. The van der Waals surface area contributed by atoms with Gasteiger partial charge in [-0.1, -0.05) is 0 Å². The minimum Gasteiger partial charge on any atom is -0.494 e. The number of benzene rings is 1. The third-order valence-electron chi connectivity index (χ3n) is 2.90. The second-order valence-corrected chi connectivity index (χ2v) is 5.64. The molecule has 0 radical (unpaired) electrons. The fraction of sp³-hybridized carbons (Fsp3) is 0.333. The van der Waals surface area contributed by atoms with Gasteiger partial charge >= 0.3 is 0 Å². The number of nitrogens with zero attached hydrogens (tertiary/aromatic N) is 1. The summed E-state index contributed by atoms with van der Waals surface area (Å²) in [7, 11) is 0. The summed E-state index contributed by atoms with van der Waals surface area (Å²) in [6.07, 6.45) is 0. The molecule has 0 aliphatic carbocycles. The van der Waals surface area contributed by atoms with Gasteiger partial charge in [0.15, 0.2) is 0 Å². The van der Waals surface area contributed by atoms with E-state index in [2.05, 4.69) is 10.3 Å². The summed E-state index contributed by atoms with van der Waals surface area (Å²) in [5.41, 5.74) is 1.54. The first-order chi connectivity index (χ1) is 10.1. The molecule has 1 atom stereocenters. The van der Waals surface area contributed by atoms with E-state index in [-0.39, 0.29) is 11.8 Å².